The molecule has 20 heavy (non-hydrogen) atoms. The number of amides is 1. The maximum atomic E-state index is 12.4. The van der Waals surface area contributed by atoms with Gasteiger partial charge in [0, 0.05) is 6.04 Å². The van der Waals surface area contributed by atoms with Crippen LogP contribution in [0, 0.1) is 18.8 Å². The minimum atomic E-state index is 0.0569. The van der Waals surface area contributed by atoms with E-state index in [9.17, 15) is 4.79 Å². The second-order valence-electron chi connectivity index (χ2n) is 6.42. The van der Waals surface area contributed by atoms with E-state index in [-0.39, 0.29) is 12.1 Å². The molecule has 1 aromatic rings. The third-order valence-electron chi connectivity index (χ3n) is 5.28. The van der Waals surface area contributed by atoms with Crippen molar-refractivity contribution in [2.24, 2.45) is 11.8 Å². The molecule has 2 fully saturated rings. The SMILES string of the molecule is Cc1ccccc1C1NCC(=O)N1C1CCC(C)C1C. The number of nitrogens with one attached hydrogen (secondary N) is 1. The first-order valence-electron chi connectivity index (χ1n) is 7.69. The van der Waals surface area contributed by atoms with Crippen molar-refractivity contribution in [1.82, 2.24) is 10.2 Å². The lowest BCUT2D eigenvalue weighted by Gasteiger charge is -2.34. The molecule has 1 N–H and O–H groups in total. The number of rotatable bonds is 2. The fourth-order valence-corrected chi connectivity index (χ4v) is 3.78. The maximum absolute atomic E-state index is 12.4. The molecule has 1 heterocycles. The van der Waals surface area contributed by atoms with Crippen LogP contribution in [-0.2, 0) is 4.79 Å². The zero-order valence-corrected chi connectivity index (χ0v) is 12.6. The predicted octanol–water partition coefficient (Wildman–Crippen LogP) is 2.86. The Hall–Kier alpha value is -1.35. The smallest absolute Gasteiger partial charge is 0.238 e. The number of carbonyl (C=O) groups is 1. The summed E-state index contributed by atoms with van der Waals surface area (Å²) in [6.45, 7) is 7.19. The summed E-state index contributed by atoms with van der Waals surface area (Å²) in [6.07, 6.45) is 2.43. The number of benzene rings is 1. The Morgan fingerprint density at radius 2 is 1.95 bits per heavy atom. The van der Waals surface area contributed by atoms with Gasteiger partial charge < -0.3 is 4.90 Å². The van der Waals surface area contributed by atoms with Crippen LogP contribution in [0.3, 0.4) is 0 Å². The average molecular weight is 272 g/mol. The Morgan fingerprint density at radius 1 is 1.20 bits per heavy atom. The third-order valence-corrected chi connectivity index (χ3v) is 5.28. The largest absolute Gasteiger partial charge is 0.319 e. The van der Waals surface area contributed by atoms with E-state index < -0.39 is 0 Å². The predicted molar refractivity (Wildman–Crippen MR) is 80.1 cm³/mol. The van der Waals surface area contributed by atoms with Gasteiger partial charge in [0.05, 0.1) is 6.54 Å². The van der Waals surface area contributed by atoms with Crippen LogP contribution in [0.1, 0.15) is 44.0 Å². The number of carbonyl (C=O) groups excluding carboxylic acids is 1. The molecule has 1 aliphatic heterocycles. The molecule has 1 aliphatic carbocycles. The van der Waals surface area contributed by atoms with Crippen molar-refractivity contribution < 1.29 is 4.79 Å². The van der Waals surface area contributed by atoms with Crippen molar-refractivity contribution in [2.75, 3.05) is 6.54 Å². The monoisotopic (exact) mass is 272 g/mol. The molecule has 1 aromatic carbocycles. The summed E-state index contributed by atoms with van der Waals surface area (Å²) in [4.78, 5) is 14.5. The molecule has 2 aliphatic rings. The van der Waals surface area contributed by atoms with E-state index in [2.05, 4.69) is 55.3 Å². The van der Waals surface area contributed by atoms with E-state index >= 15 is 0 Å². The summed E-state index contributed by atoms with van der Waals surface area (Å²) in [5.41, 5.74) is 2.49. The van der Waals surface area contributed by atoms with E-state index in [0.29, 0.717) is 24.4 Å². The molecule has 0 spiro atoms. The first-order chi connectivity index (χ1) is 9.59. The molecule has 3 heteroatoms. The lowest BCUT2D eigenvalue weighted by molar-refractivity contribution is -0.131. The van der Waals surface area contributed by atoms with Crippen LogP contribution >= 0.6 is 0 Å². The molecule has 4 unspecified atom stereocenters. The maximum Gasteiger partial charge on any atom is 0.238 e. The highest BCUT2D eigenvalue weighted by molar-refractivity contribution is 5.81. The van der Waals surface area contributed by atoms with Gasteiger partial charge in [0.15, 0.2) is 0 Å². The lowest BCUT2D eigenvalue weighted by Crippen LogP contribution is -2.42. The first kappa shape index (κ1) is 13.6. The average Bonchev–Trinajstić information content (AvgIpc) is 2.95. The topological polar surface area (TPSA) is 32.3 Å². The molecule has 1 amide bonds. The molecule has 4 atom stereocenters. The van der Waals surface area contributed by atoms with Crippen LogP contribution in [0.5, 0.6) is 0 Å². The van der Waals surface area contributed by atoms with E-state index in [1.807, 2.05) is 0 Å². The van der Waals surface area contributed by atoms with Crippen LogP contribution in [0.4, 0.5) is 0 Å². The van der Waals surface area contributed by atoms with Gasteiger partial charge >= 0.3 is 0 Å². The fourth-order valence-electron chi connectivity index (χ4n) is 3.78. The van der Waals surface area contributed by atoms with Crippen LogP contribution in [0.15, 0.2) is 24.3 Å². The molecule has 0 aromatic heterocycles. The lowest BCUT2D eigenvalue weighted by atomic mass is 9.95. The van der Waals surface area contributed by atoms with Gasteiger partial charge in [0.1, 0.15) is 6.17 Å². The van der Waals surface area contributed by atoms with Crippen molar-refractivity contribution in [2.45, 2.75) is 45.8 Å². The Balaban J connectivity index is 1.92. The first-order valence-corrected chi connectivity index (χ1v) is 7.69. The van der Waals surface area contributed by atoms with Gasteiger partial charge in [-0.1, -0.05) is 38.1 Å². The van der Waals surface area contributed by atoms with Gasteiger partial charge in [-0.15, -0.1) is 0 Å². The number of hydrogen-bond acceptors (Lipinski definition) is 2. The van der Waals surface area contributed by atoms with E-state index in [0.717, 1.165) is 6.42 Å². The van der Waals surface area contributed by atoms with E-state index in [1.165, 1.54) is 17.5 Å². The summed E-state index contributed by atoms with van der Waals surface area (Å²) in [5, 5.41) is 3.40. The number of nitrogens with zero attached hydrogens (tertiary/aromatic N) is 1. The van der Waals surface area contributed by atoms with Crippen LogP contribution in [0.2, 0.25) is 0 Å². The van der Waals surface area contributed by atoms with Crippen molar-refractivity contribution in [3.63, 3.8) is 0 Å². The van der Waals surface area contributed by atoms with Gasteiger partial charge in [-0.05, 0) is 42.7 Å². The van der Waals surface area contributed by atoms with Gasteiger partial charge in [0.25, 0.3) is 0 Å². The molecule has 108 valence electrons. The standard InChI is InChI=1S/C17H24N2O/c1-11-8-9-15(13(11)3)19-16(20)10-18-17(19)14-7-5-4-6-12(14)2/h4-7,11,13,15,17-18H,8-10H2,1-3H3. The Morgan fingerprint density at radius 3 is 2.60 bits per heavy atom. The molecule has 3 rings (SSSR count). The summed E-state index contributed by atoms with van der Waals surface area (Å²) in [7, 11) is 0. The van der Waals surface area contributed by atoms with Crippen molar-refractivity contribution in [3.05, 3.63) is 35.4 Å². The summed E-state index contributed by atoms with van der Waals surface area (Å²) in [5.74, 6) is 1.56. The van der Waals surface area contributed by atoms with Crippen molar-refractivity contribution in [1.29, 1.82) is 0 Å². The summed E-state index contributed by atoms with van der Waals surface area (Å²) in [6, 6.07) is 8.77. The molecule has 0 bridgehead atoms. The molecular weight excluding hydrogens is 248 g/mol. The Kier molecular flexibility index (Phi) is 3.55. The van der Waals surface area contributed by atoms with E-state index in [4.69, 9.17) is 0 Å². The minimum Gasteiger partial charge on any atom is -0.319 e. The highest BCUT2D eigenvalue weighted by atomic mass is 16.2. The number of hydrogen-bond donors (Lipinski definition) is 1. The van der Waals surface area contributed by atoms with Crippen LogP contribution < -0.4 is 5.32 Å². The van der Waals surface area contributed by atoms with Gasteiger partial charge in [0.2, 0.25) is 5.91 Å². The van der Waals surface area contributed by atoms with E-state index in [1.54, 1.807) is 0 Å². The Bertz CT molecular complexity index is 513. The molecule has 0 radical (unpaired) electrons. The summed E-state index contributed by atoms with van der Waals surface area (Å²) >= 11 is 0. The highest BCUT2D eigenvalue weighted by Crippen LogP contribution is 2.39. The number of aryl methyl sites for hydroxylation is 1. The van der Waals surface area contributed by atoms with Gasteiger partial charge in [-0.2, -0.15) is 0 Å². The van der Waals surface area contributed by atoms with Gasteiger partial charge in [-0.25, -0.2) is 0 Å². The molecule has 3 nitrogen and oxygen atoms in total. The zero-order chi connectivity index (χ0) is 14.3. The fraction of sp³-hybridized carbons (Fsp3) is 0.588. The normalized spacial score (nSPS) is 34.0. The van der Waals surface area contributed by atoms with Crippen molar-refractivity contribution in [3.8, 4) is 0 Å². The van der Waals surface area contributed by atoms with Gasteiger partial charge in [-0.3, -0.25) is 10.1 Å². The Labute approximate surface area is 121 Å². The minimum absolute atomic E-state index is 0.0569. The second-order valence-corrected chi connectivity index (χ2v) is 6.42. The zero-order valence-electron chi connectivity index (χ0n) is 12.6. The highest BCUT2D eigenvalue weighted by Gasteiger charge is 2.43. The molecular formula is C17H24N2O. The van der Waals surface area contributed by atoms with Crippen LogP contribution in [0.25, 0.3) is 0 Å². The summed E-state index contributed by atoms with van der Waals surface area (Å²) < 4.78 is 0. The van der Waals surface area contributed by atoms with Crippen molar-refractivity contribution >= 4 is 5.91 Å². The van der Waals surface area contributed by atoms with Crippen LogP contribution in [-0.4, -0.2) is 23.4 Å². The molecule has 1 saturated carbocycles. The second kappa shape index (κ2) is 5.21. The third kappa shape index (κ3) is 2.14. The quantitative estimate of drug-likeness (QED) is 0.898. The molecule has 1 saturated heterocycles.